The molecule has 0 aromatic heterocycles. The first-order valence-corrected chi connectivity index (χ1v) is 13.8. The largest absolute Gasteiger partial charge is 0.345 e. The third-order valence-corrected chi connectivity index (χ3v) is 8.82. The van der Waals surface area contributed by atoms with Gasteiger partial charge in [0.25, 0.3) is 0 Å². The number of carbonyl (C=O) groups is 2. The van der Waals surface area contributed by atoms with Gasteiger partial charge in [0.2, 0.25) is 11.8 Å². The average Bonchev–Trinajstić information content (AvgIpc) is 2.93. The molecule has 1 N–H and O–H groups in total. The zero-order chi connectivity index (χ0) is 24.5. The summed E-state index contributed by atoms with van der Waals surface area (Å²) in [6.07, 6.45) is 7.91. The predicted molar refractivity (Wildman–Crippen MR) is 145 cm³/mol. The van der Waals surface area contributed by atoms with Gasteiger partial charge in [-0.2, -0.15) is 0 Å². The highest BCUT2D eigenvalue weighted by atomic mass is 32.2. The number of hydrogen-bond donors (Lipinski definition) is 1. The van der Waals surface area contributed by atoms with Gasteiger partial charge >= 0.3 is 0 Å². The van der Waals surface area contributed by atoms with Crippen molar-refractivity contribution < 1.29 is 9.59 Å². The molecule has 2 saturated heterocycles. The Morgan fingerprint density at radius 3 is 2.53 bits per heavy atom. The van der Waals surface area contributed by atoms with Gasteiger partial charge in [0.15, 0.2) is 0 Å². The molecule has 2 aromatic rings. The van der Waals surface area contributed by atoms with E-state index in [4.69, 9.17) is 0 Å². The Bertz CT molecular complexity index is 1260. The average molecular weight is 498 g/mol. The maximum atomic E-state index is 12.5. The Kier molecular flexibility index (Phi) is 6.55. The Morgan fingerprint density at radius 2 is 1.69 bits per heavy atom. The first-order chi connectivity index (χ1) is 17.7. The fourth-order valence-corrected chi connectivity index (χ4v) is 6.87. The van der Waals surface area contributed by atoms with Gasteiger partial charge in [-0.3, -0.25) is 14.5 Å². The molecule has 1 atom stereocenters. The predicted octanol–water partition coefficient (Wildman–Crippen LogP) is 4.19. The summed E-state index contributed by atoms with van der Waals surface area (Å²) in [5.41, 5.74) is 8.09. The molecule has 4 aliphatic rings. The van der Waals surface area contributed by atoms with Gasteiger partial charge in [-0.1, -0.05) is 72.3 Å². The quantitative estimate of drug-likeness (QED) is 0.673. The number of fused-ring (bicyclic) bond motifs is 2. The summed E-state index contributed by atoms with van der Waals surface area (Å²) in [6.45, 7) is 2.98. The smallest absolute Gasteiger partial charge is 0.244 e. The number of amides is 2. The molecule has 184 valence electrons. The van der Waals surface area contributed by atoms with Crippen LogP contribution in [0.25, 0.3) is 11.1 Å². The number of nitrogens with zero attached hydrogens (tertiary/aromatic N) is 2. The van der Waals surface area contributed by atoms with Crippen molar-refractivity contribution in [2.24, 2.45) is 0 Å². The number of piperazine rings is 2. The number of hydrogen-bond acceptors (Lipinski definition) is 4. The second kappa shape index (κ2) is 10.1. The van der Waals surface area contributed by atoms with Gasteiger partial charge in [0, 0.05) is 36.8 Å². The lowest BCUT2D eigenvalue weighted by Crippen LogP contribution is -2.66. The molecule has 1 aliphatic carbocycles. The summed E-state index contributed by atoms with van der Waals surface area (Å²) in [7, 11) is 0. The first kappa shape index (κ1) is 23.3. The topological polar surface area (TPSA) is 52.7 Å². The molecular formula is C30H31N3O2S. The molecule has 6 heteroatoms. The SMILES string of the molecule is O=C1NCC(=O)N2CCN(CC3=C(Cc4ccc(-c5ccccc5)cc4)CSC4=CCCC=C43)CC12. The Hall–Kier alpha value is -3.09. The summed E-state index contributed by atoms with van der Waals surface area (Å²) in [5, 5.41) is 2.77. The summed E-state index contributed by atoms with van der Waals surface area (Å²) in [4.78, 5) is 30.3. The van der Waals surface area contributed by atoms with E-state index in [-0.39, 0.29) is 24.4 Å². The summed E-state index contributed by atoms with van der Waals surface area (Å²) in [6, 6.07) is 19.1. The maximum Gasteiger partial charge on any atom is 0.244 e. The van der Waals surface area contributed by atoms with Crippen LogP contribution >= 0.6 is 11.8 Å². The van der Waals surface area contributed by atoms with E-state index in [1.807, 2.05) is 17.8 Å². The van der Waals surface area contributed by atoms with Crippen molar-refractivity contribution in [1.29, 1.82) is 0 Å². The van der Waals surface area contributed by atoms with E-state index in [0.29, 0.717) is 13.1 Å². The van der Waals surface area contributed by atoms with Crippen molar-refractivity contribution in [2.45, 2.75) is 25.3 Å². The van der Waals surface area contributed by atoms with Crippen molar-refractivity contribution in [3.8, 4) is 11.1 Å². The van der Waals surface area contributed by atoms with Crippen LogP contribution in [-0.2, 0) is 16.0 Å². The number of benzene rings is 2. The van der Waals surface area contributed by atoms with E-state index in [1.165, 1.54) is 38.3 Å². The van der Waals surface area contributed by atoms with Gasteiger partial charge in [-0.25, -0.2) is 0 Å². The van der Waals surface area contributed by atoms with Crippen LogP contribution in [0.3, 0.4) is 0 Å². The molecule has 0 spiro atoms. The minimum Gasteiger partial charge on any atom is -0.345 e. The molecule has 5 nitrogen and oxygen atoms in total. The third-order valence-electron chi connectivity index (χ3n) is 7.63. The van der Waals surface area contributed by atoms with Crippen molar-refractivity contribution >= 4 is 23.6 Å². The van der Waals surface area contributed by atoms with Gasteiger partial charge in [0.1, 0.15) is 6.04 Å². The zero-order valence-corrected chi connectivity index (χ0v) is 21.2. The third kappa shape index (κ3) is 4.67. The van der Waals surface area contributed by atoms with Crippen molar-refractivity contribution in [3.05, 3.63) is 93.9 Å². The zero-order valence-electron chi connectivity index (χ0n) is 20.4. The number of rotatable bonds is 5. The Labute approximate surface area is 216 Å². The van der Waals surface area contributed by atoms with Crippen LogP contribution in [0.2, 0.25) is 0 Å². The fraction of sp³-hybridized carbons (Fsp3) is 0.333. The van der Waals surface area contributed by atoms with E-state index in [1.54, 1.807) is 4.90 Å². The second-order valence-corrected chi connectivity index (χ2v) is 10.9. The molecule has 3 aliphatic heterocycles. The monoisotopic (exact) mass is 497 g/mol. The van der Waals surface area contributed by atoms with Gasteiger partial charge in [0.05, 0.1) is 6.54 Å². The number of carbonyl (C=O) groups excluding carboxylic acids is 2. The molecule has 2 aromatic carbocycles. The lowest BCUT2D eigenvalue weighted by Gasteiger charge is -2.43. The number of allylic oxidation sites excluding steroid dienone is 3. The van der Waals surface area contributed by atoms with Crippen LogP contribution in [0, 0.1) is 0 Å². The van der Waals surface area contributed by atoms with Crippen LogP contribution in [0.15, 0.2) is 88.4 Å². The molecule has 0 radical (unpaired) electrons. The van der Waals surface area contributed by atoms with E-state index < -0.39 is 0 Å². The highest BCUT2D eigenvalue weighted by Gasteiger charge is 2.39. The van der Waals surface area contributed by atoms with Gasteiger partial charge in [-0.05, 0) is 47.1 Å². The molecule has 36 heavy (non-hydrogen) atoms. The molecule has 1 unspecified atom stereocenters. The maximum absolute atomic E-state index is 12.5. The van der Waals surface area contributed by atoms with Crippen molar-refractivity contribution in [1.82, 2.24) is 15.1 Å². The lowest BCUT2D eigenvalue weighted by atomic mass is 9.90. The van der Waals surface area contributed by atoms with E-state index >= 15 is 0 Å². The lowest BCUT2D eigenvalue weighted by molar-refractivity contribution is -0.148. The number of thioether (sulfide) groups is 1. The van der Waals surface area contributed by atoms with E-state index in [0.717, 1.165) is 38.1 Å². The van der Waals surface area contributed by atoms with E-state index in [9.17, 15) is 9.59 Å². The minimum absolute atomic E-state index is 0.0244. The molecule has 0 bridgehead atoms. The van der Waals surface area contributed by atoms with Gasteiger partial charge < -0.3 is 10.2 Å². The van der Waals surface area contributed by atoms with Crippen LogP contribution in [0.1, 0.15) is 18.4 Å². The van der Waals surface area contributed by atoms with Crippen molar-refractivity contribution in [2.75, 3.05) is 38.5 Å². The van der Waals surface area contributed by atoms with Crippen molar-refractivity contribution in [3.63, 3.8) is 0 Å². The highest BCUT2D eigenvalue weighted by Crippen LogP contribution is 2.42. The Morgan fingerprint density at radius 1 is 0.917 bits per heavy atom. The van der Waals surface area contributed by atoms with Crippen LogP contribution in [-0.4, -0.2) is 66.1 Å². The van der Waals surface area contributed by atoms with Crippen LogP contribution in [0.4, 0.5) is 0 Å². The fourth-order valence-electron chi connectivity index (χ4n) is 5.66. The normalized spacial score (nSPS) is 22.4. The first-order valence-electron chi connectivity index (χ1n) is 12.8. The second-order valence-electron chi connectivity index (χ2n) is 9.93. The summed E-state index contributed by atoms with van der Waals surface area (Å²) < 4.78 is 0. The summed E-state index contributed by atoms with van der Waals surface area (Å²) >= 11 is 1.96. The highest BCUT2D eigenvalue weighted by molar-refractivity contribution is 8.03. The molecule has 6 rings (SSSR count). The molecule has 3 heterocycles. The molecule has 2 fully saturated rings. The van der Waals surface area contributed by atoms with Gasteiger partial charge in [-0.15, -0.1) is 11.8 Å². The molecular weight excluding hydrogens is 466 g/mol. The number of nitrogens with one attached hydrogen (secondary N) is 1. The minimum atomic E-state index is -0.372. The molecule has 2 amide bonds. The standard InChI is InChI=1S/C30H31N3O2S/c34-29-17-31-30(35)27-19-32(14-15-33(27)29)18-26-24(20-36-28-9-5-4-8-25(26)28)16-21-10-12-23(13-11-21)22-6-2-1-3-7-22/h1-3,6-13,27H,4-5,14-20H2,(H,31,35). The van der Waals surface area contributed by atoms with Crippen LogP contribution in [0.5, 0.6) is 0 Å². The Balaban J connectivity index is 1.25. The van der Waals surface area contributed by atoms with E-state index in [2.05, 4.69) is 70.9 Å². The molecule has 0 saturated carbocycles. The summed E-state index contributed by atoms with van der Waals surface area (Å²) in [5.74, 6) is 1.01. The van der Waals surface area contributed by atoms with Crippen LogP contribution < -0.4 is 5.32 Å².